The van der Waals surface area contributed by atoms with E-state index >= 15 is 0 Å². The smallest absolute Gasteiger partial charge is 0.248 e. The van der Waals surface area contributed by atoms with Gasteiger partial charge in [-0.05, 0) is 70.4 Å². The molecule has 33 heavy (non-hydrogen) atoms. The Balaban J connectivity index is 1.78. The minimum Gasteiger partial charge on any atom is -0.351 e. The van der Waals surface area contributed by atoms with E-state index in [9.17, 15) is 9.59 Å². The van der Waals surface area contributed by atoms with Crippen molar-refractivity contribution in [1.82, 2.24) is 5.32 Å². The average molecular weight is 526 g/mol. The number of carbonyl (C=O) groups excluding carboxylic acids is 2. The van der Waals surface area contributed by atoms with Gasteiger partial charge in [0.05, 0.1) is 12.1 Å². The topological polar surface area (TPSA) is 49.4 Å². The number of rotatable bonds is 7. The number of carbonyl (C=O) groups is 2. The lowest BCUT2D eigenvalue weighted by Gasteiger charge is -2.34. The van der Waals surface area contributed by atoms with E-state index in [1.165, 1.54) is 6.42 Å². The number of nitrogens with one attached hydrogen (secondary N) is 1. The zero-order valence-corrected chi connectivity index (χ0v) is 21.2. The summed E-state index contributed by atoms with van der Waals surface area (Å²) >= 11 is 5.18. The van der Waals surface area contributed by atoms with E-state index in [0.29, 0.717) is 5.69 Å². The quantitative estimate of drug-likeness (QED) is 0.379. The molecule has 0 saturated heterocycles. The first-order valence-corrected chi connectivity index (χ1v) is 13.2. The van der Waals surface area contributed by atoms with E-state index < -0.39 is 6.04 Å². The second-order valence-electron chi connectivity index (χ2n) is 8.57. The van der Waals surface area contributed by atoms with Crippen LogP contribution in [0.2, 0.25) is 0 Å². The van der Waals surface area contributed by atoms with Gasteiger partial charge in [0.15, 0.2) is 0 Å². The van der Waals surface area contributed by atoms with Crippen LogP contribution in [0.15, 0.2) is 70.5 Å². The van der Waals surface area contributed by atoms with Crippen LogP contribution in [-0.2, 0) is 16.0 Å². The Morgan fingerprint density at radius 3 is 2.45 bits per heavy atom. The number of halogens is 1. The summed E-state index contributed by atoms with van der Waals surface area (Å²) in [7, 11) is 0. The number of benzene rings is 2. The molecule has 4 nitrogen and oxygen atoms in total. The minimum atomic E-state index is -0.751. The first kappa shape index (κ1) is 23.7. The van der Waals surface area contributed by atoms with E-state index in [-0.39, 0.29) is 24.3 Å². The fourth-order valence-corrected chi connectivity index (χ4v) is 5.70. The van der Waals surface area contributed by atoms with Crippen molar-refractivity contribution in [3.8, 4) is 0 Å². The maximum atomic E-state index is 13.9. The van der Waals surface area contributed by atoms with Crippen LogP contribution in [0.25, 0.3) is 0 Å². The van der Waals surface area contributed by atoms with Crippen molar-refractivity contribution in [2.24, 2.45) is 0 Å². The highest BCUT2D eigenvalue weighted by atomic mass is 79.9. The number of hydrogen-bond donors (Lipinski definition) is 1. The molecule has 4 rings (SSSR count). The van der Waals surface area contributed by atoms with Gasteiger partial charge in [0.2, 0.25) is 11.8 Å². The van der Waals surface area contributed by atoms with Gasteiger partial charge in [-0.25, -0.2) is 0 Å². The Morgan fingerprint density at radius 1 is 1.03 bits per heavy atom. The van der Waals surface area contributed by atoms with Gasteiger partial charge < -0.3 is 5.32 Å². The Kier molecular flexibility index (Phi) is 7.99. The van der Waals surface area contributed by atoms with E-state index in [0.717, 1.165) is 46.2 Å². The molecule has 1 saturated carbocycles. The maximum Gasteiger partial charge on any atom is 0.248 e. The number of aryl methyl sites for hydroxylation is 1. The Hall–Kier alpha value is -2.44. The van der Waals surface area contributed by atoms with Gasteiger partial charge in [-0.3, -0.25) is 14.5 Å². The Bertz CT molecular complexity index is 1090. The van der Waals surface area contributed by atoms with Gasteiger partial charge in [-0.1, -0.05) is 61.7 Å². The summed E-state index contributed by atoms with van der Waals surface area (Å²) in [6, 6.07) is 18.8. The molecule has 0 bridgehead atoms. The highest BCUT2D eigenvalue weighted by molar-refractivity contribution is 9.10. The average Bonchev–Trinajstić information content (AvgIpc) is 3.32. The van der Waals surface area contributed by atoms with Gasteiger partial charge in [0, 0.05) is 15.4 Å². The summed E-state index contributed by atoms with van der Waals surface area (Å²) in [6.45, 7) is 2.00. The molecular weight excluding hydrogens is 496 g/mol. The molecule has 172 valence electrons. The first-order chi connectivity index (χ1) is 16.0. The van der Waals surface area contributed by atoms with Crippen LogP contribution in [0.5, 0.6) is 0 Å². The second-order valence-corrected chi connectivity index (χ2v) is 10.5. The van der Waals surface area contributed by atoms with Crippen molar-refractivity contribution in [1.29, 1.82) is 0 Å². The number of thiophene rings is 1. The molecule has 1 aromatic heterocycles. The molecule has 1 N–H and O–H groups in total. The first-order valence-electron chi connectivity index (χ1n) is 11.5. The third-order valence-corrected chi connectivity index (χ3v) is 7.77. The van der Waals surface area contributed by atoms with E-state index in [2.05, 4.69) is 21.2 Å². The Morgan fingerprint density at radius 2 is 1.76 bits per heavy atom. The molecule has 0 aliphatic heterocycles. The summed E-state index contributed by atoms with van der Waals surface area (Å²) < 4.78 is 0.786. The fourth-order valence-electron chi connectivity index (χ4n) is 4.53. The molecule has 0 radical (unpaired) electrons. The summed E-state index contributed by atoms with van der Waals surface area (Å²) in [4.78, 5) is 30.4. The highest BCUT2D eigenvalue weighted by Crippen LogP contribution is 2.35. The lowest BCUT2D eigenvalue weighted by Crippen LogP contribution is -2.48. The van der Waals surface area contributed by atoms with Crippen LogP contribution < -0.4 is 10.2 Å². The van der Waals surface area contributed by atoms with Gasteiger partial charge in [0.25, 0.3) is 0 Å². The van der Waals surface area contributed by atoms with Crippen LogP contribution in [0.4, 0.5) is 5.69 Å². The van der Waals surface area contributed by atoms with Crippen molar-refractivity contribution < 1.29 is 9.59 Å². The van der Waals surface area contributed by atoms with E-state index in [1.54, 1.807) is 16.2 Å². The van der Waals surface area contributed by atoms with Crippen LogP contribution in [0.3, 0.4) is 0 Å². The maximum absolute atomic E-state index is 13.9. The largest absolute Gasteiger partial charge is 0.351 e. The van der Waals surface area contributed by atoms with Crippen LogP contribution in [0, 0.1) is 6.92 Å². The van der Waals surface area contributed by atoms with Crippen LogP contribution >= 0.6 is 27.3 Å². The number of hydrogen-bond acceptors (Lipinski definition) is 3. The zero-order valence-electron chi connectivity index (χ0n) is 18.8. The van der Waals surface area contributed by atoms with Crippen LogP contribution in [-0.4, -0.2) is 17.9 Å². The standard InChI is InChI=1S/C27H29BrN2O2S/c1-19-10-5-6-14-22(19)26(27(32)29-20-11-3-2-4-12-20)30(24-16-8-7-15-23(24)28)25(31)18-21-13-9-17-33-21/h5-10,13-17,20,26H,2-4,11-12,18H2,1H3,(H,29,32). The third kappa shape index (κ3) is 5.74. The van der Waals surface area contributed by atoms with Crippen molar-refractivity contribution in [3.63, 3.8) is 0 Å². The fraction of sp³-hybridized carbons (Fsp3) is 0.333. The van der Waals surface area contributed by atoms with Gasteiger partial charge in [-0.15, -0.1) is 11.3 Å². The summed E-state index contributed by atoms with van der Waals surface area (Å²) in [5.74, 6) is -0.220. The SMILES string of the molecule is Cc1ccccc1C(C(=O)NC1CCCCC1)N(C(=O)Cc1cccs1)c1ccccc1Br. The molecule has 1 fully saturated rings. The molecule has 1 unspecified atom stereocenters. The predicted octanol–water partition coefficient (Wildman–Crippen LogP) is 6.58. The molecular formula is C27H29BrN2O2S. The van der Waals surface area contributed by atoms with E-state index in [4.69, 9.17) is 0 Å². The molecule has 0 spiro atoms. The van der Waals surface area contributed by atoms with E-state index in [1.807, 2.05) is 73.0 Å². The number of para-hydroxylation sites is 1. The summed E-state index contributed by atoms with van der Waals surface area (Å²) in [5, 5.41) is 5.25. The predicted molar refractivity (Wildman–Crippen MR) is 139 cm³/mol. The van der Waals surface area contributed by atoms with Crippen molar-refractivity contribution in [2.75, 3.05) is 4.90 Å². The minimum absolute atomic E-state index is 0.101. The molecule has 6 heteroatoms. The van der Waals surface area contributed by atoms with Crippen LogP contribution in [0.1, 0.15) is 54.1 Å². The molecule has 2 amide bonds. The number of nitrogens with zero attached hydrogens (tertiary/aromatic N) is 1. The molecule has 2 aromatic carbocycles. The Labute approximate surface area is 208 Å². The lowest BCUT2D eigenvalue weighted by molar-refractivity contribution is -0.127. The highest BCUT2D eigenvalue weighted by Gasteiger charge is 2.35. The number of amides is 2. The summed E-state index contributed by atoms with van der Waals surface area (Å²) in [6.07, 6.45) is 5.71. The van der Waals surface area contributed by atoms with Gasteiger partial charge >= 0.3 is 0 Å². The molecule has 1 aliphatic rings. The number of anilines is 1. The van der Waals surface area contributed by atoms with Gasteiger partial charge in [0.1, 0.15) is 6.04 Å². The van der Waals surface area contributed by atoms with Crippen molar-refractivity contribution in [2.45, 2.75) is 57.5 Å². The zero-order chi connectivity index (χ0) is 23.2. The summed E-state index contributed by atoms with van der Waals surface area (Å²) in [5.41, 5.74) is 2.54. The van der Waals surface area contributed by atoms with Crippen molar-refractivity contribution in [3.05, 3.63) is 86.5 Å². The lowest BCUT2D eigenvalue weighted by atomic mass is 9.93. The second kappa shape index (κ2) is 11.1. The monoisotopic (exact) mass is 524 g/mol. The molecule has 1 aliphatic carbocycles. The van der Waals surface area contributed by atoms with Crippen molar-refractivity contribution >= 4 is 44.8 Å². The third-order valence-electron chi connectivity index (χ3n) is 6.23. The molecule has 1 atom stereocenters. The van der Waals surface area contributed by atoms with Gasteiger partial charge in [-0.2, -0.15) is 0 Å². The molecule has 3 aromatic rings. The normalized spacial score (nSPS) is 15.1. The molecule has 1 heterocycles.